The summed E-state index contributed by atoms with van der Waals surface area (Å²) in [5, 5.41) is 61.5. The second-order valence-electron chi connectivity index (χ2n) is 10.6. The van der Waals surface area contributed by atoms with E-state index in [-0.39, 0.29) is 53.1 Å². The van der Waals surface area contributed by atoms with Crippen molar-refractivity contribution in [2.24, 2.45) is 0 Å². The van der Waals surface area contributed by atoms with Gasteiger partial charge in [-0.05, 0) is 59.8 Å². The Morgan fingerprint density at radius 3 is 2.35 bits per heavy atom. The maximum atomic E-state index is 13.1. The number of phenols is 2. The molecule has 16 nitrogen and oxygen atoms in total. The van der Waals surface area contributed by atoms with Crippen molar-refractivity contribution in [2.45, 2.75) is 24.3 Å². The van der Waals surface area contributed by atoms with Gasteiger partial charge in [0.25, 0.3) is 11.6 Å². The smallest absolute Gasteiger partial charge is 0.305 e. The number of carboxylic acids is 1. The number of phenolic OH excluding ortho intramolecular Hbond substituents is 2. The van der Waals surface area contributed by atoms with Crippen LogP contribution in [0.4, 0.5) is 5.69 Å². The number of aryl methyl sites for hydroxylation is 1. The molecular formula is C32H26N8O8S. The van der Waals surface area contributed by atoms with Crippen LogP contribution in [-0.4, -0.2) is 68.7 Å². The highest BCUT2D eigenvalue weighted by Gasteiger charge is 2.24. The van der Waals surface area contributed by atoms with Crippen molar-refractivity contribution in [3.05, 3.63) is 106 Å². The number of aliphatic carboxylic acids is 1. The molecule has 1 amide bonds. The molecular weight excluding hydrogens is 656 g/mol. The van der Waals surface area contributed by atoms with E-state index in [0.29, 0.717) is 38.6 Å². The van der Waals surface area contributed by atoms with E-state index in [1.807, 2.05) is 0 Å². The lowest BCUT2D eigenvalue weighted by molar-refractivity contribution is -0.384. The number of hydrogen-bond acceptors (Lipinski definition) is 12. The summed E-state index contributed by atoms with van der Waals surface area (Å²) in [7, 11) is 0. The van der Waals surface area contributed by atoms with Gasteiger partial charge in [-0.1, -0.05) is 36.0 Å². The van der Waals surface area contributed by atoms with Gasteiger partial charge in [-0.3, -0.25) is 19.7 Å². The molecule has 4 N–H and O–H groups in total. The van der Waals surface area contributed by atoms with E-state index in [2.05, 4.69) is 20.8 Å². The first-order valence-corrected chi connectivity index (χ1v) is 15.6. The number of nitrogens with one attached hydrogen (secondary N) is 1. The van der Waals surface area contributed by atoms with Crippen molar-refractivity contribution in [3.8, 4) is 34.5 Å². The molecule has 0 atom stereocenters. The molecule has 0 radical (unpaired) electrons. The van der Waals surface area contributed by atoms with Crippen LogP contribution in [0.5, 0.6) is 23.1 Å². The number of carbonyl (C=O) groups excluding carboxylic acids is 1. The molecule has 0 bridgehead atoms. The molecule has 0 saturated carbocycles. The molecule has 2 aromatic heterocycles. The van der Waals surface area contributed by atoms with Crippen LogP contribution in [0.15, 0.2) is 84.0 Å². The van der Waals surface area contributed by atoms with Crippen LogP contribution in [0.1, 0.15) is 28.0 Å². The number of ether oxygens (including phenoxy) is 1. The van der Waals surface area contributed by atoms with Gasteiger partial charge in [0.2, 0.25) is 11.0 Å². The summed E-state index contributed by atoms with van der Waals surface area (Å²) in [6.07, 6.45) is -0.311. The van der Waals surface area contributed by atoms with Crippen LogP contribution in [0.2, 0.25) is 0 Å². The van der Waals surface area contributed by atoms with Gasteiger partial charge in [0.1, 0.15) is 17.2 Å². The minimum absolute atomic E-state index is 0.0877. The van der Waals surface area contributed by atoms with Gasteiger partial charge in [0.05, 0.1) is 34.0 Å². The number of aromatic hydroxyl groups is 2. The summed E-state index contributed by atoms with van der Waals surface area (Å²) in [6, 6.07) is 20.2. The standard InChI is InChI=1S/C32H26N8O8S/c1-18-26(17-49-32-34-36-37-39(32)20-10-12-22(41)13-11-20)31(38(35-18)19-6-8-21(9-7-19)40(46)47)48-27-16-25(30(45)33-15-14-28(42)43)29(44)24-5-3-2-4-23(24)27/h2-13,16,41,44H,14-15,17H2,1H3,(H,33,45)(H,42,43). The summed E-state index contributed by atoms with van der Waals surface area (Å²) in [5.41, 5.74) is 1.97. The van der Waals surface area contributed by atoms with E-state index in [9.17, 15) is 29.9 Å². The highest BCUT2D eigenvalue weighted by molar-refractivity contribution is 7.98. The average molecular weight is 683 g/mol. The third kappa shape index (κ3) is 6.82. The predicted octanol–water partition coefficient (Wildman–Crippen LogP) is 4.92. The molecule has 6 aromatic rings. The van der Waals surface area contributed by atoms with Crippen LogP contribution in [-0.2, 0) is 10.5 Å². The van der Waals surface area contributed by atoms with Crippen molar-refractivity contribution < 1.29 is 34.6 Å². The first-order valence-electron chi connectivity index (χ1n) is 14.6. The molecule has 248 valence electrons. The van der Waals surface area contributed by atoms with Gasteiger partial charge in [0, 0.05) is 40.8 Å². The Balaban J connectivity index is 1.43. The summed E-state index contributed by atoms with van der Waals surface area (Å²) in [5.74, 6) is -1.38. The highest BCUT2D eigenvalue weighted by atomic mass is 32.2. The van der Waals surface area contributed by atoms with Crippen LogP contribution >= 0.6 is 11.8 Å². The highest BCUT2D eigenvalue weighted by Crippen LogP contribution is 2.41. The maximum absolute atomic E-state index is 13.1. The normalized spacial score (nSPS) is 11.0. The number of thioether (sulfide) groups is 1. The number of aromatic nitrogens is 6. The number of nitro benzene ring substituents is 1. The number of carboxylic acid groups (broad SMARTS) is 1. The van der Waals surface area contributed by atoms with Gasteiger partial charge in [-0.15, -0.1) is 5.10 Å². The molecule has 0 fully saturated rings. The van der Waals surface area contributed by atoms with Crippen molar-refractivity contribution in [2.75, 3.05) is 6.54 Å². The number of tetrazole rings is 1. The number of carbonyl (C=O) groups is 2. The van der Waals surface area contributed by atoms with Gasteiger partial charge in [0.15, 0.2) is 0 Å². The van der Waals surface area contributed by atoms with Crippen molar-refractivity contribution in [1.29, 1.82) is 0 Å². The van der Waals surface area contributed by atoms with E-state index in [1.165, 1.54) is 63.6 Å². The maximum Gasteiger partial charge on any atom is 0.305 e. The molecule has 0 aliphatic carbocycles. The van der Waals surface area contributed by atoms with E-state index in [0.717, 1.165) is 0 Å². The quantitative estimate of drug-likeness (QED) is 0.0766. The second-order valence-corrected chi connectivity index (χ2v) is 11.5. The zero-order valence-corrected chi connectivity index (χ0v) is 26.4. The van der Waals surface area contributed by atoms with E-state index < -0.39 is 16.8 Å². The summed E-state index contributed by atoms with van der Waals surface area (Å²) in [6.45, 7) is 1.61. The topological polar surface area (TPSA) is 221 Å². The minimum Gasteiger partial charge on any atom is -0.508 e. The van der Waals surface area contributed by atoms with Crippen LogP contribution < -0.4 is 10.1 Å². The molecule has 49 heavy (non-hydrogen) atoms. The lowest BCUT2D eigenvalue weighted by Gasteiger charge is -2.16. The minimum atomic E-state index is -1.09. The fourth-order valence-electron chi connectivity index (χ4n) is 4.93. The van der Waals surface area contributed by atoms with Crippen molar-refractivity contribution in [1.82, 2.24) is 35.3 Å². The molecule has 6 rings (SSSR count). The third-order valence-electron chi connectivity index (χ3n) is 7.38. The molecule has 17 heteroatoms. The summed E-state index contributed by atoms with van der Waals surface area (Å²) >= 11 is 1.27. The Kier molecular flexibility index (Phi) is 9.07. The molecule has 0 unspecified atom stereocenters. The van der Waals surface area contributed by atoms with Crippen LogP contribution in [0.25, 0.3) is 22.1 Å². The van der Waals surface area contributed by atoms with Crippen LogP contribution in [0, 0.1) is 17.0 Å². The number of nitrogens with zero attached hydrogens (tertiary/aromatic N) is 7. The van der Waals surface area contributed by atoms with E-state index >= 15 is 0 Å². The molecule has 0 aliphatic rings. The number of rotatable bonds is 12. The number of hydrogen-bond donors (Lipinski definition) is 4. The van der Waals surface area contributed by atoms with Gasteiger partial charge >= 0.3 is 5.97 Å². The first-order chi connectivity index (χ1) is 23.6. The average Bonchev–Trinajstić information content (AvgIpc) is 3.68. The van der Waals surface area contributed by atoms with E-state index in [1.54, 1.807) is 43.3 Å². The summed E-state index contributed by atoms with van der Waals surface area (Å²) in [4.78, 5) is 34.9. The second kappa shape index (κ2) is 13.7. The Bertz CT molecular complexity index is 2200. The third-order valence-corrected chi connectivity index (χ3v) is 8.32. The fraction of sp³-hybridized carbons (Fsp3) is 0.125. The predicted molar refractivity (Wildman–Crippen MR) is 176 cm³/mol. The zero-order chi connectivity index (χ0) is 34.7. The van der Waals surface area contributed by atoms with E-state index in [4.69, 9.17) is 14.9 Å². The van der Waals surface area contributed by atoms with Crippen LogP contribution in [0.3, 0.4) is 0 Å². The molecule has 0 saturated heterocycles. The fourth-order valence-corrected chi connectivity index (χ4v) is 5.89. The number of non-ortho nitro benzene ring substituents is 1. The molecule has 4 aromatic carbocycles. The van der Waals surface area contributed by atoms with Gasteiger partial charge in [-0.25, -0.2) is 4.68 Å². The summed E-state index contributed by atoms with van der Waals surface area (Å²) < 4.78 is 9.56. The molecule has 0 spiro atoms. The Morgan fingerprint density at radius 2 is 1.65 bits per heavy atom. The monoisotopic (exact) mass is 682 g/mol. The molecule has 2 heterocycles. The lowest BCUT2D eigenvalue weighted by Crippen LogP contribution is -2.26. The Labute approximate surface area is 280 Å². The first kappa shape index (κ1) is 32.5. The number of nitro groups is 1. The van der Waals surface area contributed by atoms with Crippen molar-refractivity contribution >= 4 is 40.1 Å². The zero-order valence-electron chi connectivity index (χ0n) is 25.5. The number of benzene rings is 4. The number of amides is 1. The van der Waals surface area contributed by atoms with Crippen molar-refractivity contribution in [3.63, 3.8) is 0 Å². The van der Waals surface area contributed by atoms with Gasteiger partial charge in [-0.2, -0.15) is 9.78 Å². The molecule has 0 aliphatic heterocycles. The SMILES string of the molecule is Cc1nn(-c2ccc([N+](=O)[O-])cc2)c(Oc2cc(C(=O)NCCC(=O)O)c(O)c3ccccc23)c1CSc1nnnn1-c1ccc(O)cc1. The largest absolute Gasteiger partial charge is 0.508 e. The lowest BCUT2D eigenvalue weighted by atomic mass is 10.0. The number of fused-ring (bicyclic) bond motifs is 1. The van der Waals surface area contributed by atoms with Gasteiger partial charge < -0.3 is 25.4 Å². The Hall–Kier alpha value is -6.49. The Morgan fingerprint density at radius 1 is 0.980 bits per heavy atom.